The molecule has 0 saturated heterocycles. The molecule has 7 heteroatoms. The largest absolute Gasteiger partial charge is 0.379 e. The van der Waals surface area contributed by atoms with E-state index in [4.69, 9.17) is 16.3 Å². The number of aromatic amines is 1. The topological polar surface area (TPSA) is 61.8 Å². The molecule has 2 aliphatic carbocycles. The number of hydrogen-bond donors (Lipinski definition) is 2. The molecule has 0 unspecified atom stereocenters. The fraction of sp³-hybridized carbons (Fsp3) is 0.636. The van der Waals surface area contributed by atoms with Gasteiger partial charge in [-0.1, -0.05) is 30.9 Å². The van der Waals surface area contributed by atoms with Crippen LogP contribution in [0.2, 0.25) is 0 Å². The molecular weight excluding hydrogens is 407 g/mol. The summed E-state index contributed by atoms with van der Waals surface area (Å²) in [5.74, 6) is 0.460. The molecule has 2 fully saturated rings. The molecule has 158 valence electrons. The molecule has 2 aliphatic heterocycles. The van der Waals surface area contributed by atoms with Crippen molar-refractivity contribution in [2.45, 2.75) is 76.5 Å². The maximum Gasteiger partial charge on any atom is 0.0895 e. The van der Waals surface area contributed by atoms with E-state index in [0.29, 0.717) is 24.7 Å². The van der Waals surface area contributed by atoms with E-state index in [1.54, 1.807) is 0 Å². The Kier molecular flexibility index (Phi) is 6.67. The minimum atomic E-state index is 0. The zero-order chi connectivity index (χ0) is 18.9. The van der Waals surface area contributed by atoms with Crippen LogP contribution >= 0.6 is 24.0 Å². The number of rotatable bonds is 3. The molecule has 1 aromatic rings. The molecule has 4 aliphatic rings. The number of fused-ring (bicyclic) bond motifs is 3. The van der Waals surface area contributed by atoms with Gasteiger partial charge in [-0.05, 0) is 50.7 Å². The first-order valence-electron chi connectivity index (χ1n) is 10.9. The summed E-state index contributed by atoms with van der Waals surface area (Å²) in [6.07, 6.45) is 16.0. The first-order valence-corrected chi connectivity index (χ1v) is 11.2. The van der Waals surface area contributed by atoms with Crippen LogP contribution in [-0.2, 0) is 11.3 Å². The molecular formula is C22H30Cl2N4O. The van der Waals surface area contributed by atoms with Crippen molar-refractivity contribution in [2.24, 2.45) is 16.1 Å². The number of nitrogens with one attached hydrogen (secondary N) is 2. The van der Waals surface area contributed by atoms with Crippen molar-refractivity contribution in [3.63, 3.8) is 0 Å². The quantitative estimate of drug-likeness (QED) is 0.717. The molecule has 2 N–H and O–H groups in total. The van der Waals surface area contributed by atoms with Crippen LogP contribution in [0.25, 0.3) is 11.8 Å². The van der Waals surface area contributed by atoms with Crippen LogP contribution in [-0.4, -0.2) is 23.7 Å². The monoisotopic (exact) mass is 436 g/mol. The molecule has 0 spiro atoms. The second kappa shape index (κ2) is 9.23. The smallest absolute Gasteiger partial charge is 0.0895 e. The molecule has 5 rings (SSSR count). The summed E-state index contributed by atoms with van der Waals surface area (Å²) in [6.45, 7) is 1.37. The van der Waals surface area contributed by atoms with Crippen molar-refractivity contribution in [1.29, 1.82) is 0 Å². The third-order valence-corrected chi connectivity index (χ3v) is 6.92. The van der Waals surface area contributed by atoms with Gasteiger partial charge in [0.2, 0.25) is 0 Å². The Morgan fingerprint density at radius 1 is 1.00 bits per heavy atom. The van der Waals surface area contributed by atoms with E-state index in [0.717, 1.165) is 59.3 Å². The van der Waals surface area contributed by atoms with Gasteiger partial charge in [0, 0.05) is 23.1 Å². The summed E-state index contributed by atoms with van der Waals surface area (Å²) in [6, 6.07) is 0. The lowest BCUT2D eigenvalue weighted by molar-refractivity contribution is -0.0482. The number of nitrogens with zero attached hydrogens (tertiary/aromatic N) is 2. The van der Waals surface area contributed by atoms with E-state index in [9.17, 15) is 0 Å². The van der Waals surface area contributed by atoms with Crippen molar-refractivity contribution < 1.29 is 4.74 Å². The number of halogens is 2. The Labute approximate surface area is 183 Å². The molecule has 0 bridgehead atoms. The molecule has 3 heterocycles. The number of aromatic nitrogens is 1. The number of H-pyrrole nitrogens is 1. The van der Waals surface area contributed by atoms with E-state index in [2.05, 4.69) is 20.5 Å². The summed E-state index contributed by atoms with van der Waals surface area (Å²) in [4.78, 5) is 3.58. The van der Waals surface area contributed by atoms with Crippen LogP contribution in [0, 0.1) is 5.92 Å². The van der Waals surface area contributed by atoms with Gasteiger partial charge in [-0.3, -0.25) is 0 Å². The number of anilines is 1. The normalized spacial score (nSPS) is 26.9. The van der Waals surface area contributed by atoms with Gasteiger partial charge in [0.15, 0.2) is 0 Å². The average molecular weight is 437 g/mol. The summed E-state index contributed by atoms with van der Waals surface area (Å²) < 4.78 is 6.42. The van der Waals surface area contributed by atoms with Gasteiger partial charge in [-0.15, -0.1) is 12.4 Å². The van der Waals surface area contributed by atoms with Gasteiger partial charge < -0.3 is 15.0 Å². The second-order valence-corrected chi connectivity index (χ2v) is 8.97. The van der Waals surface area contributed by atoms with Gasteiger partial charge >= 0.3 is 0 Å². The lowest BCUT2D eigenvalue weighted by Crippen LogP contribution is -2.30. The molecule has 0 atom stereocenters. The van der Waals surface area contributed by atoms with Gasteiger partial charge in [0.05, 0.1) is 40.8 Å². The van der Waals surface area contributed by atoms with Gasteiger partial charge in [0.1, 0.15) is 0 Å². The standard InChI is InChI=1S/C22H29ClN4O.ClH/c23-15-10-11-24-21-18-13-25-27-20(22(18)26-19(21)12-15)14-6-8-17(9-7-14)28-16-4-2-1-3-5-16;/h10,12,14,16-17,24,26H,1-9,11,13H2;1H/t14-,17+;. The zero-order valence-corrected chi connectivity index (χ0v) is 18.3. The van der Waals surface area contributed by atoms with Crippen LogP contribution in [0.15, 0.2) is 21.3 Å². The van der Waals surface area contributed by atoms with Crippen LogP contribution in [0.3, 0.4) is 0 Å². The first kappa shape index (κ1) is 21.0. The Morgan fingerprint density at radius 3 is 2.55 bits per heavy atom. The summed E-state index contributed by atoms with van der Waals surface area (Å²) >= 11 is 6.27. The Hall–Kier alpha value is -1.30. The number of ether oxygens (including phenoxy) is 1. The van der Waals surface area contributed by atoms with Crippen LogP contribution in [0.4, 0.5) is 5.69 Å². The van der Waals surface area contributed by atoms with Crippen LogP contribution < -0.4 is 16.0 Å². The third-order valence-electron chi connectivity index (χ3n) is 6.65. The van der Waals surface area contributed by atoms with Crippen LogP contribution in [0.5, 0.6) is 0 Å². The van der Waals surface area contributed by atoms with Crippen molar-refractivity contribution in [3.05, 3.63) is 27.4 Å². The zero-order valence-electron chi connectivity index (χ0n) is 16.8. The van der Waals surface area contributed by atoms with Gasteiger partial charge in [-0.25, -0.2) is 0 Å². The molecule has 0 aromatic carbocycles. The molecule has 0 amide bonds. The van der Waals surface area contributed by atoms with Crippen LogP contribution in [0.1, 0.15) is 63.4 Å². The summed E-state index contributed by atoms with van der Waals surface area (Å²) in [5.41, 5.74) is 3.49. The van der Waals surface area contributed by atoms with E-state index < -0.39 is 0 Å². The van der Waals surface area contributed by atoms with Crippen molar-refractivity contribution >= 4 is 41.5 Å². The maximum absolute atomic E-state index is 6.42. The summed E-state index contributed by atoms with van der Waals surface area (Å²) in [5, 5.41) is 15.5. The minimum absolute atomic E-state index is 0. The number of azo groups is 1. The molecule has 1 aromatic heterocycles. The molecule has 5 nitrogen and oxygen atoms in total. The number of allylic oxidation sites excluding steroid dienone is 1. The Balaban J connectivity index is 0.00000205. The Morgan fingerprint density at radius 2 is 1.76 bits per heavy atom. The summed E-state index contributed by atoms with van der Waals surface area (Å²) in [7, 11) is 0. The predicted molar refractivity (Wildman–Crippen MR) is 120 cm³/mol. The predicted octanol–water partition coefficient (Wildman–Crippen LogP) is 4.75. The lowest BCUT2D eigenvalue weighted by Gasteiger charge is -2.33. The molecule has 29 heavy (non-hydrogen) atoms. The fourth-order valence-corrected chi connectivity index (χ4v) is 5.34. The average Bonchev–Trinajstić information content (AvgIpc) is 2.95. The number of hydrogen-bond acceptors (Lipinski definition) is 4. The maximum atomic E-state index is 6.42. The van der Waals surface area contributed by atoms with E-state index >= 15 is 0 Å². The van der Waals surface area contributed by atoms with E-state index in [1.165, 1.54) is 37.7 Å². The highest BCUT2D eigenvalue weighted by Gasteiger charge is 2.29. The van der Waals surface area contributed by atoms with Gasteiger partial charge in [-0.2, -0.15) is 10.2 Å². The Bertz CT molecular complexity index is 906. The minimum Gasteiger partial charge on any atom is -0.379 e. The first-order chi connectivity index (χ1) is 13.8. The fourth-order valence-electron chi connectivity index (χ4n) is 5.16. The molecule has 0 radical (unpaired) electrons. The highest BCUT2D eigenvalue weighted by molar-refractivity contribution is 6.34. The van der Waals surface area contributed by atoms with E-state index in [-0.39, 0.29) is 12.4 Å². The second-order valence-electron chi connectivity index (χ2n) is 8.54. The van der Waals surface area contributed by atoms with Crippen molar-refractivity contribution in [1.82, 2.24) is 4.98 Å². The molecule has 2 saturated carbocycles. The highest BCUT2D eigenvalue weighted by atomic mass is 35.5. The highest BCUT2D eigenvalue weighted by Crippen LogP contribution is 2.35. The van der Waals surface area contributed by atoms with Crippen molar-refractivity contribution in [3.8, 4) is 0 Å². The van der Waals surface area contributed by atoms with Gasteiger partial charge in [0.25, 0.3) is 0 Å². The van der Waals surface area contributed by atoms with E-state index in [1.807, 2.05) is 12.2 Å². The third kappa shape index (κ3) is 4.42. The van der Waals surface area contributed by atoms with Crippen molar-refractivity contribution in [2.75, 3.05) is 11.9 Å². The SMILES string of the molecule is Cl.ClC1=CCNc2c3c([nH]c2=C1)=C([C@H]1CC[C@@H](OC2CCCCC2)CC1)N=NC3. The lowest BCUT2D eigenvalue weighted by atomic mass is 9.84.